The van der Waals surface area contributed by atoms with Crippen LogP contribution in [0.2, 0.25) is 0 Å². The average Bonchev–Trinajstić information content (AvgIpc) is 2.36. The standard InChI is InChI=1S/C13H17NO4/c1-16-10-6-4-3-5-9(10)11(14)13(7-18-8-13)12(15)17-2/h3-6,11H,7-8,14H2,1-2H3. The lowest BCUT2D eigenvalue weighted by Crippen LogP contribution is -2.56. The average molecular weight is 251 g/mol. The summed E-state index contributed by atoms with van der Waals surface area (Å²) in [5.41, 5.74) is 6.21. The Bertz CT molecular complexity index is 442. The first-order valence-electron chi connectivity index (χ1n) is 5.70. The summed E-state index contributed by atoms with van der Waals surface area (Å²) in [7, 11) is 2.94. The van der Waals surface area contributed by atoms with Crippen molar-refractivity contribution in [1.82, 2.24) is 0 Å². The van der Waals surface area contributed by atoms with Crippen molar-refractivity contribution in [3.05, 3.63) is 29.8 Å². The summed E-state index contributed by atoms with van der Waals surface area (Å²) in [6.45, 7) is 0.553. The van der Waals surface area contributed by atoms with Crippen LogP contribution in [-0.4, -0.2) is 33.4 Å². The molecule has 2 N–H and O–H groups in total. The highest BCUT2D eigenvalue weighted by atomic mass is 16.5. The maximum absolute atomic E-state index is 11.9. The van der Waals surface area contributed by atoms with Crippen LogP contribution in [0.15, 0.2) is 24.3 Å². The minimum atomic E-state index is -0.802. The van der Waals surface area contributed by atoms with Gasteiger partial charge in [0, 0.05) is 5.56 Å². The molecule has 1 aromatic carbocycles. The number of rotatable bonds is 4. The van der Waals surface area contributed by atoms with Gasteiger partial charge in [0.05, 0.1) is 33.5 Å². The molecule has 5 nitrogen and oxygen atoms in total. The van der Waals surface area contributed by atoms with Crippen molar-refractivity contribution < 1.29 is 19.0 Å². The first-order chi connectivity index (χ1) is 8.65. The minimum absolute atomic E-state index is 0.277. The molecule has 1 aliphatic heterocycles. The van der Waals surface area contributed by atoms with Crippen LogP contribution in [0.3, 0.4) is 0 Å². The molecule has 0 radical (unpaired) electrons. The van der Waals surface area contributed by atoms with Gasteiger partial charge in [-0.05, 0) is 6.07 Å². The number of nitrogens with two attached hydrogens (primary N) is 1. The van der Waals surface area contributed by atoms with E-state index in [1.807, 2.05) is 24.3 Å². The second-order valence-electron chi connectivity index (χ2n) is 4.36. The van der Waals surface area contributed by atoms with Crippen molar-refractivity contribution >= 4 is 5.97 Å². The Hall–Kier alpha value is -1.59. The first-order valence-corrected chi connectivity index (χ1v) is 5.70. The van der Waals surface area contributed by atoms with E-state index in [2.05, 4.69) is 0 Å². The summed E-state index contributed by atoms with van der Waals surface area (Å²) in [6, 6.07) is 6.89. The normalized spacial score (nSPS) is 18.6. The zero-order chi connectivity index (χ0) is 13.2. The van der Waals surface area contributed by atoms with Crippen molar-refractivity contribution in [2.24, 2.45) is 11.1 Å². The van der Waals surface area contributed by atoms with E-state index in [-0.39, 0.29) is 19.2 Å². The van der Waals surface area contributed by atoms with Gasteiger partial charge >= 0.3 is 5.97 Å². The summed E-state index contributed by atoms with van der Waals surface area (Å²) >= 11 is 0. The Labute approximate surface area is 106 Å². The number of benzene rings is 1. The minimum Gasteiger partial charge on any atom is -0.496 e. The van der Waals surface area contributed by atoms with E-state index in [0.29, 0.717) is 5.75 Å². The molecule has 0 bridgehead atoms. The van der Waals surface area contributed by atoms with Gasteiger partial charge in [-0.25, -0.2) is 0 Å². The number of hydrogen-bond acceptors (Lipinski definition) is 5. The quantitative estimate of drug-likeness (QED) is 0.804. The van der Waals surface area contributed by atoms with Gasteiger partial charge in [0.2, 0.25) is 0 Å². The van der Waals surface area contributed by atoms with Crippen LogP contribution in [0.1, 0.15) is 11.6 Å². The van der Waals surface area contributed by atoms with E-state index < -0.39 is 11.5 Å². The lowest BCUT2D eigenvalue weighted by molar-refractivity contribution is -0.188. The van der Waals surface area contributed by atoms with E-state index >= 15 is 0 Å². The SMILES string of the molecule is COC(=O)C1(C(N)c2ccccc2OC)COC1. The Kier molecular flexibility index (Phi) is 3.54. The van der Waals surface area contributed by atoms with Crippen LogP contribution in [0.25, 0.3) is 0 Å². The summed E-state index contributed by atoms with van der Waals surface area (Å²) in [5.74, 6) is 0.326. The molecule has 1 aliphatic rings. The van der Waals surface area contributed by atoms with Crippen molar-refractivity contribution in [2.45, 2.75) is 6.04 Å². The first kappa shape index (κ1) is 12.9. The lowest BCUT2D eigenvalue weighted by Gasteiger charge is -2.43. The molecule has 1 atom stereocenters. The molecule has 1 aromatic rings. The fourth-order valence-electron chi connectivity index (χ4n) is 2.17. The van der Waals surface area contributed by atoms with E-state index in [9.17, 15) is 4.79 Å². The second kappa shape index (κ2) is 4.96. The maximum Gasteiger partial charge on any atom is 0.318 e. The third kappa shape index (κ3) is 1.85. The molecule has 0 aromatic heterocycles. The van der Waals surface area contributed by atoms with Crippen LogP contribution in [0.4, 0.5) is 0 Å². The Morgan fingerprint density at radius 3 is 2.56 bits per heavy atom. The van der Waals surface area contributed by atoms with Crippen molar-refractivity contribution in [1.29, 1.82) is 0 Å². The van der Waals surface area contributed by atoms with Gasteiger partial charge in [-0.1, -0.05) is 18.2 Å². The van der Waals surface area contributed by atoms with Gasteiger partial charge in [0.1, 0.15) is 11.2 Å². The van der Waals surface area contributed by atoms with E-state index in [1.165, 1.54) is 7.11 Å². The third-order valence-corrected chi connectivity index (χ3v) is 3.38. The van der Waals surface area contributed by atoms with E-state index in [4.69, 9.17) is 19.9 Å². The van der Waals surface area contributed by atoms with Crippen LogP contribution in [0.5, 0.6) is 5.75 Å². The number of hydrogen-bond donors (Lipinski definition) is 1. The molecule has 0 saturated carbocycles. The highest BCUT2D eigenvalue weighted by molar-refractivity contribution is 5.79. The van der Waals surface area contributed by atoms with Gasteiger partial charge in [-0.2, -0.15) is 0 Å². The molecular weight excluding hydrogens is 234 g/mol. The molecule has 1 fully saturated rings. The molecule has 0 amide bonds. The predicted molar refractivity (Wildman–Crippen MR) is 65.2 cm³/mol. The number of carbonyl (C=O) groups excluding carboxylic acids is 1. The number of carbonyl (C=O) groups is 1. The molecule has 18 heavy (non-hydrogen) atoms. The lowest BCUT2D eigenvalue weighted by atomic mass is 9.75. The maximum atomic E-state index is 11.9. The summed E-state index contributed by atoms with van der Waals surface area (Å²) in [5, 5.41) is 0. The molecule has 1 saturated heterocycles. The zero-order valence-electron chi connectivity index (χ0n) is 10.5. The van der Waals surface area contributed by atoms with Gasteiger partial charge in [0.25, 0.3) is 0 Å². The van der Waals surface area contributed by atoms with Crippen molar-refractivity contribution in [3.8, 4) is 5.75 Å². The van der Waals surface area contributed by atoms with Crippen LogP contribution in [-0.2, 0) is 14.3 Å². The number of methoxy groups -OCH3 is 2. The van der Waals surface area contributed by atoms with Gasteiger partial charge < -0.3 is 19.9 Å². The van der Waals surface area contributed by atoms with Crippen LogP contribution >= 0.6 is 0 Å². The molecule has 98 valence electrons. The summed E-state index contributed by atoms with van der Waals surface area (Å²) < 4.78 is 15.3. The Morgan fingerprint density at radius 1 is 1.39 bits per heavy atom. The zero-order valence-corrected chi connectivity index (χ0v) is 10.5. The topological polar surface area (TPSA) is 70.8 Å². The van der Waals surface area contributed by atoms with E-state index in [0.717, 1.165) is 5.56 Å². The highest BCUT2D eigenvalue weighted by Gasteiger charge is 2.53. The molecule has 1 heterocycles. The van der Waals surface area contributed by atoms with Crippen LogP contribution < -0.4 is 10.5 Å². The highest BCUT2D eigenvalue weighted by Crippen LogP contribution is 2.42. The van der Waals surface area contributed by atoms with Crippen molar-refractivity contribution in [3.63, 3.8) is 0 Å². The molecule has 5 heteroatoms. The molecule has 0 spiro atoms. The largest absolute Gasteiger partial charge is 0.496 e. The number of esters is 1. The number of para-hydroxylation sites is 1. The van der Waals surface area contributed by atoms with Gasteiger partial charge in [-0.15, -0.1) is 0 Å². The smallest absolute Gasteiger partial charge is 0.318 e. The molecule has 1 unspecified atom stereocenters. The van der Waals surface area contributed by atoms with E-state index in [1.54, 1.807) is 7.11 Å². The summed E-state index contributed by atoms with van der Waals surface area (Å²) in [6.07, 6.45) is 0. The molecular formula is C13H17NO4. The molecule has 2 rings (SSSR count). The van der Waals surface area contributed by atoms with Gasteiger partial charge in [-0.3, -0.25) is 4.79 Å². The Balaban J connectivity index is 2.35. The molecule has 0 aliphatic carbocycles. The summed E-state index contributed by atoms with van der Waals surface area (Å²) in [4.78, 5) is 11.9. The third-order valence-electron chi connectivity index (χ3n) is 3.38. The fourth-order valence-corrected chi connectivity index (χ4v) is 2.17. The fraction of sp³-hybridized carbons (Fsp3) is 0.462. The van der Waals surface area contributed by atoms with Gasteiger partial charge in [0.15, 0.2) is 0 Å². The Morgan fingerprint density at radius 2 is 2.06 bits per heavy atom. The predicted octanol–water partition coefficient (Wildman–Crippen LogP) is 0.885. The second-order valence-corrected chi connectivity index (χ2v) is 4.36. The number of ether oxygens (including phenoxy) is 3. The monoisotopic (exact) mass is 251 g/mol. The van der Waals surface area contributed by atoms with Crippen molar-refractivity contribution in [2.75, 3.05) is 27.4 Å². The van der Waals surface area contributed by atoms with Crippen LogP contribution in [0, 0.1) is 5.41 Å².